The van der Waals surface area contributed by atoms with Crippen molar-refractivity contribution in [1.82, 2.24) is 25.5 Å². The molecule has 0 radical (unpaired) electrons. The predicted octanol–water partition coefficient (Wildman–Crippen LogP) is 1.28. The molecular weight excluding hydrogens is 622 g/mol. The van der Waals surface area contributed by atoms with Crippen molar-refractivity contribution >= 4 is 29.6 Å². The third-order valence-electron chi connectivity index (χ3n) is 6.14. The molecule has 2 aromatic rings. The van der Waals surface area contributed by atoms with Crippen molar-refractivity contribution in [1.29, 1.82) is 0 Å². The summed E-state index contributed by atoms with van der Waals surface area (Å²) in [4.78, 5) is 58.7. The molecule has 0 bridgehead atoms. The van der Waals surface area contributed by atoms with Gasteiger partial charge in [-0.05, 0) is 62.4 Å². The summed E-state index contributed by atoms with van der Waals surface area (Å²) in [6.07, 6.45) is -7.02. The number of carboxylic acids is 2. The molecule has 3 heterocycles. The van der Waals surface area contributed by atoms with Gasteiger partial charge in [0.2, 0.25) is 11.8 Å². The monoisotopic (exact) mass is 654 g/mol. The first-order valence-corrected chi connectivity index (χ1v) is 12.9. The van der Waals surface area contributed by atoms with Gasteiger partial charge >= 0.3 is 24.3 Å². The average molecular weight is 655 g/mol. The zero-order chi connectivity index (χ0) is 34.7. The summed E-state index contributed by atoms with van der Waals surface area (Å²) >= 11 is 0. The smallest absolute Gasteiger partial charge is 0.475 e. The van der Waals surface area contributed by atoms with Crippen LogP contribution in [0, 0.1) is 12.8 Å². The van der Waals surface area contributed by atoms with Gasteiger partial charge in [0, 0.05) is 31.5 Å². The van der Waals surface area contributed by atoms with E-state index < -0.39 is 30.3 Å². The minimum atomic E-state index is -5.08. The molecule has 2 aromatic heterocycles. The average Bonchev–Trinajstić information content (AvgIpc) is 3.38. The normalized spacial score (nSPS) is 16.6. The van der Waals surface area contributed by atoms with Crippen LogP contribution in [-0.2, 0) is 39.2 Å². The summed E-state index contributed by atoms with van der Waals surface area (Å²) in [5.74, 6) is -5.28. The van der Waals surface area contributed by atoms with Crippen molar-refractivity contribution < 1.29 is 55.7 Å². The molecule has 2 amide bonds. The number of carboxylic acid groups (broad SMARTS) is 2. The van der Waals surface area contributed by atoms with E-state index in [0.717, 1.165) is 23.2 Å². The van der Waals surface area contributed by atoms with E-state index in [9.17, 15) is 40.7 Å². The van der Waals surface area contributed by atoms with E-state index in [1.54, 1.807) is 32.3 Å². The number of halogens is 6. The lowest BCUT2D eigenvalue weighted by atomic mass is 9.97. The number of aliphatic carboxylic acids is 2. The highest BCUT2D eigenvalue weighted by atomic mass is 19.4. The Bertz CT molecular complexity index is 1390. The highest BCUT2D eigenvalue weighted by Gasteiger charge is 2.39. The van der Waals surface area contributed by atoms with Gasteiger partial charge in [0.05, 0.1) is 6.04 Å². The summed E-state index contributed by atoms with van der Waals surface area (Å²) in [7, 11) is 1.72. The zero-order valence-corrected chi connectivity index (χ0v) is 24.1. The number of aromatic nitrogens is 2. The van der Waals surface area contributed by atoms with Crippen LogP contribution in [0.5, 0.6) is 0 Å². The Morgan fingerprint density at radius 2 is 1.64 bits per heavy atom. The molecule has 0 aliphatic carbocycles. The number of amides is 2. The molecular formula is C26H32F6N6O7. The van der Waals surface area contributed by atoms with Crippen LogP contribution in [0.1, 0.15) is 30.2 Å². The van der Waals surface area contributed by atoms with Crippen LogP contribution in [0.15, 0.2) is 35.3 Å². The number of rotatable bonds is 7. The van der Waals surface area contributed by atoms with E-state index in [1.807, 2.05) is 19.1 Å². The lowest BCUT2D eigenvalue weighted by Crippen LogP contribution is -2.50. The lowest BCUT2D eigenvalue weighted by Gasteiger charge is -2.17. The van der Waals surface area contributed by atoms with Crippen molar-refractivity contribution in [2.45, 2.75) is 57.7 Å². The van der Waals surface area contributed by atoms with Crippen molar-refractivity contribution in [3.63, 3.8) is 0 Å². The maximum atomic E-state index is 12.6. The number of nitrogen functional groups attached to an aromatic ring is 1. The molecule has 0 spiro atoms. The molecule has 7 N–H and O–H groups in total. The molecule has 1 unspecified atom stereocenters. The number of nitrogens with one attached hydrogen (secondary N) is 3. The SMILES string of the molecule is Cc1nc(N)ccc1CNC(=O)C(C)NC(=O)[C@H]1C[C@H](Cc2ccn(C)c(=O)c2)CN1.O=C(O)C(F)(F)F.O=C(O)C(F)(F)F. The number of carbonyl (C=O) groups excluding carboxylic acids is 2. The Hall–Kier alpha value is -4.68. The fraction of sp³-hybridized carbons (Fsp3) is 0.462. The van der Waals surface area contributed by atoms with Gasteiger partial charge in [-0.3, -0.25) is 14.4 Å². The Morgan fingerprint density at radius 1 is 1.09 bits per heavy atom. The third-order valence-corrected chi connectivity index (χ3v) is 6.14. The zero-order valence-electron chi connectivity index (χ0n) is 24.1. The highest BCUT2D eigenvalue weighted by molar-refractivity contribution is 5.89. The highest BCUT2D eigenvalue weighted by Crippen LogP contribution is 2.19. The molecule has 3 rings (SSSR count). The van der Waals surface area contributed by atoms with Crippen LogP contribution in [0.4, 0.5) is 32.2 Å². The first-order valence-electron chi connectivity index (χ1n) is 12.9. The molecule has 1 aliphatic heterocycles. The molecule has 1 fully saturated rings. The van der Waals surface area contributed by atoms with Crippen LogP contribution in [0.2, 0.25) is 0 Å². The second kappa shape index (κ2) is 16.4. The molecule has 0 aromatic carbocycles. The van der Waals surface area contributed by atoms with Crippen LogP contribution < -0.4 is 27.2 Å². The number of anilines is 1. The van der Waals surface area contributed by atoms with Crippen LogP contribution in [0.3, 0.4) is 0 Å². The van der Waals surface area contributed by atoms with Gasteiger partial charge in [-0.15, -0.1) is 0 Å². The Labute approximate surface area is 251 Å². The number of carbonyl (C=O) groups is 4. The fourth-order valence-corrected chi connectivity index (χ4v) is 3.73. The van der Waals surface area contributed by atoms with Crippen LogP contribution >= 0.6 is 0 Å². The second-order valence-corrected chi connectivity index (χ2v) is 9.79. The minimum absolute atomic E-state index is 0.0393. The Morgan fingerprint density at radius 3 is 2.13 bits per heavy atom. The topological polar surface area (TPSA) is 206 Å². The fourth-order valence-electron chi connectivity index (χ4n) is 3.73. The molecule has 1 saturated heterocycles. The van der Waals surface area contributed by atoms with Gasteiger partial charge in [0.15, 0.2) is 0 Å². The van der Waals surface area contributed by atoms with E-state index in [2.05, 4.69) is 20.9 Å². The number of nitrogens with two attached hydrogens (primary N) is 1. The first kappa shape index (κ1) is 38.3. The summed E-state index contributed by atoms with van der Waals surface area (Å²) in [6, 6.07) is 6.07. The van der Waals surface area contributed by atoms with Crippen molar-refractivity contribution in [3.05, 3.63) is 57.6 Å². The van der Waals surface area contributed by atoms with Gasteiger partial charge in [0.1, 0.15) is 11.9 Å². The Balaban J connectivity index is 0.000000601. The lowest BCUT2D eigenvalue weighted by molar-refractivity contribution is -0.193. The van der Waals surface area contributed by atoms with Gasteiger partial charge in [0.25, 0.3) is 5.56 Å². The minimum Gasteiger partial charge on any atom is -0.475 e. The van der Waals surface area contributed by atoms with Gasteiger partial charge in [-0.1, -0.05) is 6.07 Å². The van der Waals surface area contributed by atoms with E-state index in [0.29, 0.717) is 25.3 Å². The van der Waals surface area contributed by atoms with Gasteiger partial charge in [-0.25, -0.2) is 14.6 Å². The van der Waals surface area contributed by atoms with E-state index in [1.165, 1.54) is 4.57 Å². The quantitative estimate of drug-likeness (QED) is 0.236. The number of hydrogen-bond donors (Lipinski definition) is 6. The number of alkyl halides is 6. The predicted molar refractivity (Wildman–Crippen MR) is 146 cm³/mol. The summed E-state index contributed by atoms with van der Waals surface area (Å²) < 4.78 is 65.0. The van der Waals surface area contributed by atoms with Gasteiger partial charge < -0.3 is 36.5 Å². The molecule has 250 valence electrons. The third kappa shape index (κ3) is 13.7. The number of nitrogens with zero attached hydrogens (tertiary/aromatic N) is 2. The van der Waals surface area contributed by atoms with E-state index in [-0.39, 0.29) is 29.3 Å². The number of hydrogen-bond acceptors (Lipinski definition) is 8. The number of pyridine rings is 2. The second-order valence-electron chi connectivity index (χ2n) is 9.79. The maximum absolute atomic E-state index is 12.6. The van der Waals surface area contributed by atoms with Crippen molar-refractivity contribution in [3.8, 4) is 0 Å². The summed E-state index contributed by atoms with van der Waals surface area (Å²) in [5.41, 5.74) is 8.21. The summed E-state index contributed by atoms with van der Waals surface area (Å²) in [5, 5.41) is 23.1. The molecule has 19 heteroatoms. The summed E-state index contributed by atoms with van der Waals surface area (Å²) in [6.45, 7) is 4.50. The van der Waals surface area contributed by atoms with Crippen molar-refractivity contribution in [2.75, 3.05) is 12.3 Å². The van der Waals surface area contributed by atoms with E-state index >= 15 is 0 Å². The largest absolute Gasteiger partial charge is 0.490 e. The standard InChI is InChI=1S/C22H30N6O3.2C2HF3O2/c1-13-17(4-5-19(23)26-13)12-25-21(30)14(2)27-22(31)18-9-16(11-24-18)8-15-6-7-28(3)20(29)10-15;2*3-2(4,5)1(6)7/h4-7,10,14,16,18,24H,8-9,11-12H2,1-3H3,(H2,23,26)(H,25,30)(H,27,31);2*(H,6,7)/t14?,16-,18+;;/m0../s1. The first-order chi connectivity index (χ1) is 20.6. The molecule has 1 aliphatic rings. The molecule has 3 atom stereocenters. The number of aryl methyl sites for hydroxylation is 2. The molecule has 45 heavy (non-hydrogen) atoms. The Kier molecular flexibility index (Phi) is 14.0. The van der Waals surface area contributed by atoms with Crippen LogP contribution in [-0.4, -0.2) is 74.5 Å². The van der Waals surface area contributed by atoms with Crippen LogP contribution in [0.25, 0.3) is 0 Å². The molecule has 0 saturated carbocycles. The van der Waals surface area contributed by atoms with E-state index in [4.69, 9.17) is 25.5 Å². The molecule has 13 nitrogen and oxygen atoms in total. The maximum Gasteiger partial charge on any atom is 0.490 e. The van der Waals surface area contributed by atoms with Crippen molar-refractivity contribution in [2.24, 2.45) is 13.0 Å². The van der Waals surface area contributed by atoms with Gasteiger partial charge in [-0.2, -0.15) is 26.3 Å².